The van der Waals surface area contributed by atoms with Crippen LogP contribution in [0.25, 0.3) is 0 Å². The fraction of sp³-hybridized carbons (Fsp3) is 1.00. The van der Waals surface area contributed by atoms with Crippen LogP contribution in [0.5, 0.6) is 0 Å². The van der Waals surface area contributed by atoms with Gasteiger partial charge in [0, 0.05) is 0 Å². The molecule has 0 spiro atoms. The van der Waals surface area contributed by atoms with Gasteiger partial charge in [-0.15, -0.1) is 0 Å². The normalized spacial score (nSPS) is 42.8. The number of fused-ring (bicyclic) bond motifs is 3. The van der Waals surface area contributed by atoms with Crippen LogP contribution in [-0.4, -0.2) is 5.75 Å². The molecule has 0 radical (unpaired) electrons. The lowest BCUT2D eigenvalue weighted by molar-refractivity contribution is 0.0626. The Bertz CT molecular complexity index is 114. The smallest absolute Gasteiger partial charge is 0.00926 e. The Morgan fingerprint density at radius 2 is 1.64 bits per heavy atom. The van der Waals surface area contributed by atoms with Crippen molar-refractivity contribution in [3.63, 3.8) is 0 Å². The van der Waals surface area contributed by atoms with Crippen LogP contribution in [0.15, 0.2) is 0 Å². The summed E-state index contributed by atoms with van der Waals surface area (Å²) in [4.78, 5) is 0. The Balaban J connectivity index is 2.00. The van der Waals surface area contributed by atoms with Gasteiger partial charge in [-0.05, 0) is 62.0 Å². The highest BCUT2D eigenvalue weighted by molar-refractivity contribution is 7.80. The van der Waals surface area contributed by atoms with Gasteiger partial charge in [0.05, 0.1) is 0 Å². The summed E-state index contributed by atoms with van der Waals surface area (Å²) >= 11 is 4.36. The molecule has 3 fully saturated rings. The average molecular weight is 170 g/mol. The Morgan fingerprint density at radius 1 is 1.09 bits per heavy atom. The minimum atomic E-state index is 0.760. The van der Waals surface area contributed by atoms with Crippen LogP contribution in [-0.2, 0) is 0 Å². The molecule has 11 heavy (non-hydrogen) atoms. The third-order valence-corrected chi connectivity index (χ3v) is 4.11. The lowest BCUT2D eigenvalue weighted by atomic mass is 9.60. The number of hydrogen-bond donors (Lipinski definition) is 1. The lowest BCUT2D eigenvalue weighted by Crippen LogP contribution is -2.34. The van der Waals surface area contributed by atoms with Gasteiger partial charge in [-0.25, -0.2) is 0 Å². The van der Waals surface area contributed by atoms with Crippen LogP contribution in [0.4, 0.5) is 0 Å². The van der Waals surface area contributed by atoms with E-state index in [0.29, 0.717) is 0 Å². The van der Waals surface area contributed by atoms with Crippen molar-refractivity contribution in [2.45, 2.75) is 44.9 Å². The highest BCUT2D eigenvalue weighted by Crippen LogP contribution is 2.52. The van der Waals surface area contributed by atoms with E-state index < -0.39 is 0 Å². The Kier molecular flexibility index (Phi) is 2.18. The van der Waals surface area contributed by atoms with E-state index in [0.717, 1.165) is 17.1 Å². The van der Waals surface area contributed by atoms with Crippen molar-refractivity contribution in [3.8, 4) is 0 Å². The van der Waals surface area contributed by atoms with Gasteiger partial charge >= 0.3 is 0 Å². The second-order valence-corrected chi connectivity index (χ2v) is 4.90. The molecule has 64 valence electrons. The highest BCUT2D eigenvalue weighted by Gasteiger charge is 2.39. The second-order valence-electron chi connectivity index (χ2n) is 4.46. The van der Waals surface area contributed by atoms with Gasteiger partial charge in [0.1, 0.15) is 0 Å². The summed E-state index contributed by atoms with van der Waals surface area (Å²) in [6.45, 7) is 0. The van der Waals surface area contributed by atoms with Gasteiger partial charge in [0.2, 0.25) is 0 Å². The van der Waals surface area contributed by atoms with Crippen LogP contribution >= 0.6 is 12.6 Å². The fourth-order valence-corrected chi connectivity index (χ4v) is 3.43. The topological polar surface area (TPSA) is 0 Å². The van der Waals surface area contributed by atoms with Crippen LogP contribution < -0.4 is 0 Å². The maximum Gasteiger partial charge on any atom is -0.00926 e. The minimum absolute atomic E-state index is 0.760. The molecule has 0 amide bonds. The highest BCUT2D eigenvalue weighted by atomic mass is 32.1. The summed E-state index contributed by atoms with van der Waals surface area (Å²) in [6, 6.07) is 0. The van der Waals surface area contributed by atoms with Crippen molar-refractivity contribution in [1.82, 2.24) is 0 Å². The van der Waals surface area contributed by atoms with Crippen LogP contribution in [0, 0.1) is 11.3 Å². The largest absolute Gasteiger partial charge is 0.179 e. The maximum atomic E-state index is 4.36. The molecule has 0 atom stereocenters. The maximum absolute atomic E-state index is 4.36. The zero-order valence-corrected chi connectivity index (χ0v) is 8.08. The minimum Gasteiger partial charge on any atom is -0.179 e. The first-order valence-electron chi connectivity index (χ1n) is 4.96. The van der Waals surface area contributed by atoms with Crippen LogP contribution in [0.3, 0.4) is 0 Å². The van der Waals surface area contributed by atoms with Crippen molar-refractivity contribution in [2.75, 3.05) is 5.75 Å². The summed E-state index contributed by atoms with van der Waals surface area (Å²) < 4.78 is 0. The van der Waals surface area contributed by atoms with E-state index in [1.165, 1.54) is 44.9 Å². The van der Waals surface area contributed by atoms with Crippen molar-refractivity contribution >= 4 is 12.6 Å². The molecular weight excluding hydrogens is 152 g/mol. The van der Waals surface area contributed by atoms with Crippen molar-refractivity contribution < 1.29 is 0 Å². The van der Waals surface area contributed by atoms with E-state index in [4.69, 9.17) is 0 Å². The van der Waals surface area contributed by atoms with E-state index in [-0.39, 0.29) is 0 Å². The number of rotatable bonds is 2. The van der Waals surface area contributed by atoms with E-state index in [1.54, 1.807) is 0 Å². The van der Waals surface area contributed by atoms with Crippen molar-refractivity contribution in [3.05, 3.63) is 0 Å². The third kappa shape index (κ3) is 1.44. The van der Waals surface area contributed by atoms with Crippen LogP contribution in [0.1, 0.15) is 44.9 Å². The molecule has 0 aromatic carbocycles. The molecule has 3 saturated carbocycles. The van der Waals surface area contributed by atoms with E-state index in [2.05, 4.69) is 12.6 Å². The molecular formula is C10H18S. The van der Waals surface area contributed by atoms with Gasteiger partial charge in [-0.2, -0.15) is 12.6 Å². The van der Waals surface area contributed by atoms with Crippen molar-refractivity contribution in [2.24, 2.45) is 11.3 Å². The monoisotopic (exact) mass is 170 g/mol. The summed E-state index contributed by atoms with van der Waals surface area (Å²) in [6.07, 6.45) is 10.5. The molecule has 0 aliphatic heterocycles. The lowest BCUT2D eigenvalue weighted by Gasteiger charge is -2.46. The zero-order valence-electron chi connectivity index (χ0n) is 7.18. The summed E-state index contributed by atoms with van der Waals surface area (Å²) in [7, 11) is 0. The van der Waals surface area contributed by atoms with Gasteiger partial charge in [-0.3, -0.25) is 0 Å². The van der Waals surface area contributed by atoms with Gasteiger partial charge < -0.3 is 0 Å². The predicted octanol–water partition coefficient (Wildman–Crippen LogP) is 3.28. The second kappa shape index (κ2) is 3.01. The first-order valence-corrected chi connectivity index (χ1v) is 5.59. The summed E-state index contributed by atoms with van der Waals surface area (Å²) in [5, 5.41) is 0. The molecule has 0 nitrogen and oxygen atoms in total. The first-order chi connectivity index (χ1) is 5.35. The van der Waals surface area contributed by atoms with E-state index >= 15 is 0 Å². The van der Waals surface area contributed by atoms with Crippen molar-refractivity contribution in [1.29, 1.82) is 0 Å². The molecule has 2 bridgehead atoms. The average Bonchev–Trinajstić information content (AvgIpc) is 2.07. The predicted molar refractivity (Wildman–Crippen MR) is 52.1 cm³/mol. The van der Waals surface area contributed by atoms with E-state index in [9.17, 15) is 0 Å². The molecule has 0 saturated heterocycles. The standard InChI is InChI=1S/C10H18S/c11-8-7-10-4-1-9(2-5-10)3-6-10/h9,11H,1-8H2. The Labute approximate surface area is 75.2 Å². The molecule has 0 heterocycles. The molecule has 0 unspecified atom stereocenters. The molecule has 3 aliphatic rings. The van der Waals surface area contributed by atoms with Gasteiger partial charge in [-0.1, -0.05) is 0 Å². The summed E-state index contributed by atoms with van der Waals surface area (Å²) in [5.74, 6) is 2.21. The molecule has 0 aromatic rings. The fourth-order valence-electron chi connectivity index (χ4n) is 2.95. The molecule has 0 N–H and O–H groups in total. The summed E-state index contributed by atoms with van der Waals surface area (Å²) in [5.41, 5.74) is 0.760. The van der Waals surface area contributed by atoms with Gasteiger partial charge in [0.25, 0.3) is 0 Å². The molecule has 3 rings (SSSR count). The number of thiol groups is 1. The molecule has 3 aliphatic carbocycles. The van der Waals surface area contributed by atoms with Gasteiger partial charge in [0.15, 0.2) is 0 Å². The number of hydrogen-bond acceptors (Lipinski definition) is 1. The molecule has 1 heteroatoms. The van der Waals surface area contributed by atoms with Crippen LogP contribution in [0.2, 0.25) is 0 Å². The third-order valence-electron chi connectivity index (χ3n) is 3.89. The Morgan fingerprint density at radius 3 is 2.09 bits per heavy atom. The first kappa shape index (κ1) is 7.97. The van der Waals surface area contributed by atoms with E-state index in [1.807, 2.05) is 0 Å². The quantitative estimate of drug-likeness (QED) is 0.604. The SMILES string of the molecule is SCCC12CCC(CC1)CC2. The molecule has 0 aromatic heterocycles. The zero-order chi connectivity index (χ0) is 7.73. The Hall–Kier alpha value is 0.350.